The number of hydrogen-bond donors (Lipinski definition) is 4. The van der Waals surface area contributed by atoms with E-state index in [4.69, 9.17) is 35.5 Å². The first-order valence-electron chi connectivity index (χ1n) is 3.05. The van der Waals surface area contributed by atoms with E-state index in [1.165, 1.54) is 7.05 Å². The number of carboxylic acids is 1. The molecule has 0 bridgehead atoms. The molecule has 0 unspecified atom stereocenters. The summed E-state index contributed by atoms with van der Waals surface area (Å²) in [5.41, 5.74) is 4.93. The smallest absolute Gasteiger partial charge is 0.790 e. The second-order valence-corrected chi connectivity index (χ2v) is 3.04. The Morgan fingerprint density at radius 2 is 1.61 bits per heavy atom. The van der Waals surface area contributed by atoms with Crippen molar-refractivity contribution in [3.63, 3.8) is 0 Å². The quantitative estimate of drug-likeness (QED) is 0.165. The van der Waals surface area contributed by atoms with Crippen LogP contribution in [0, 0.1) is 5.41 Å². The number of nitrogens with two attached hydrogens (primary N) is 1. The summed E-state index contributed by atoms with van der Waals surface area (Å²) in [6.07, 6.45) is 0. The van der Waals surface area contributed by atoms with Crippen molar-refractivity contribution < 1.29 is 99.2 Å². The number of hydrogen-bond acceptors (Lipinski definition) is 5. The van der Waals surface area contributed by atoms with Gasteiger partial charge in [-0.05, 0) is 0 Å². The van der Waals surface area contributed by atoms with E-state index in [9.17, 15) is 4.79 Å². The minimum atomic E-state index is -5.14. The van der Waals surface area contributed by atoms with E-state index in [2.05, 4.69) is 0 Å². The van der Waals surface area contributed by atoms with Gasteiger partial charge in [0.25, 0.3) is 0 Å². The SMILES string of the molecule is CN(CC(=O)O)C(=N)N.O.O.O=P([O-])([O-])O.[Na+].[Na+]. The van der Waals surface area contributed by atoms with Crippen molar-refractivity contribution in [1.82, 2.24) is 4.90 Å². The first kappa shape index (κ1) is 36.3. The first-order valence-corrected chi connectivity index (χ1v) is 4.55. The predicted octanol–water partition coefficient (Wildman–Crippen LogP) is -10.9. The van der Waals surface area contributed by atoms with Crippen molar-refractivity contribution in [2.24, 2.45) is 5.73 Å². The molecule has 0 saturated heterocycles. The van der Waals surface area contributed by atoms with Gasteiger partial charge in [0.15, 0.2) is 5.96 Å². The van der Waals surface area contributed by atoms with Gasteiger partial charge in [-0.15, -0.1) is 0 Å². The number of phosphoric acid groups is 1. The van der Waals surface area contributed by atoms with E-state index >= 15 is 0 Å². The third kappa shape index (κ3) is 54.2. The molecule has 0 heterocycles. The molecule has 0 amide bonds. The van der Waals surface area contributed by atoms with Gasteiger partial charge in [0.1, 0.15) is 6.54 Å². The fourth-order valence-corrected chi connectivity index (χ4v) is 0.288. The maximum atomic E-state index is 9.92. The number of carbonyl (C=O) groups is 1. The Morgan fingerprint density at radius 1 is 1.39 bits per heavy atom. The Bertz CT molecular complexity index is 252. The fourth-order valence-electron chi connectivity index (χ4n) is 0.288. The zero-order valence-corrected chi connectivity index (χ0v) is 15.1. The number of nitrogens with zero attached hydrogens (tertiary/aromatic N) is 1. The standard InChI is InChI=1S/C4H9N3O2.2Na.H3O4P.2H2O/c1-7(4(5)6)2-3(8)9;;;1-5(2,3)4;;/h2H2,1H3,(H3,5,6)(H,8,9);;;(H3,1,2,3,4);2*1H2/q;2*+1;;;/p-2. The molecule has 18 heavy (non-hydrogen) atoms. The summed E-state index contributed by atoms with van der Waals surface area (Å²) in [6, 6.07) is 0. The van der Waals surface area contributed by atoms with Gasteiger partial charge in [-0.2, -0.15) is 0 Å². The summed E-state index contributed by atoms with van der Waals surface area (Å²) in [6.45, 7) is -0.227. The van der Waals surface area contributed by atoms with Crippen LogP contribution < -0.4 is 74.6 Å². The van der Waals surface area contributed by atoms with Crippen molar-refractivity contribution in [3.8, 4) is 0 Å². The van der Waals surface area contributed by atoms with Crippen LogP contribution >= 0.6 is 7.82 Å². The molecule has 0 aromatic rings. The van der Waals surface area contributed by atoms with Gasteiger partial charge in [-0.3, -0.25) is 10.2 Å². The van der Waals surface area contributed by atoms with Crippen molar-refractivity contribution in [3.05, 3.63) is 0 Å². The summed E-state index contributed by atoms with van der Waals surface area (Å²) >= 11 is 0. The van der Waals surface area contributed by atoms with E-state index < -0.39 is 13.8 Å². The summed E-state index contributed by atoms with van der Waals surface area (Å²) in [5, 5.41) is 14.9. The van der Waals surface area contributed by atoms with Crippen LogP contribution in [0.15, 0.2) is 0 Å². The van der Waals surface area contributed by atoms with Crippen LogP contribution in [0.1, 0.15) is 0 Å². The Labute approximate surface area is 147 Å². The number of rotatable bonds is 2. The average molecular weight is 309 g/mol. The maximum absolute atomic E-state index is 9.92. The zero-order chi connectivity index (χ0) is 11.9. The minimum absolute atomic E-state index is 0. The van der Waals surface area contributed by atoms with Crippen molar-refractivity contribution in [2.75, 3.05) is 13.6 Å². The van der Waals surface area contributed by atoms with Gasteiger partial charge in [-0.1, -0.05) is 0 Å². The minimum Gasteiger partial charge on any atom is -0.790 e. The summed E-state index contributed by atoms with van der Waals surface area (Å²) in [7, 11) is -3.70. The molecule has 0 aliphatic heterocycles. The molecule has 0 radical (unpaired) electrons. The van der Waals surface area contributed by atoms with Crippen molar-refractivity contribution >= 4 is 19.8 Å². The molecular formula is C4H14N3Na2O8P. The van der Waals surface area contributed by atoms with Crippen molar-refractivity contribution in [2.45, 2.75) is 0 Å². The van der Waals surface area contributed by atoms with E-state index in [1.54, 1.807) is 0 Å². The van der Waals surface area contributed by atoms with Crippen LogP contribution in [0.4, 0.5) is 0 Å². The van der Waals surface area contributed by atoms with E-state index in [0.29, 0.717) is 0 Å². The molecule has 9 N–H and O–H groups in total. The molecule has 14 heteroatoms. The maximum Gasteiger partial charge on any atom is 1.00 e. The second kappa shape index (κ2) is 17.8. The molecule has 0 atom stereocenters. The van der Waals surface area contributed by atoms with Crippen molar-refractivity contribution in [1.29, 1.82) is 5.41 Å². The first-order chi connectivity index (χ1) is 6.04. The van der Waals surface area contributed by atoms with Gasteiger partial charge in [-0.25, -0.2) is 0 Å². The Hall–Kier alpha value is 0.770. The monoisotopic (exact) mass is 309 g/mol. The van der Waals surface area contributed by atoms with Gasteiger partial charge in [0.2, 0.25) is 0 Å². The van der Waals surface area contributed by atoms with Crippen LogP contribution in [-0.4, -0.2) is 51.4 Å². The summed E-state index contributed by atoms with van der Waals surface area (Å²) < 4.78 is 8.66. The van der Waals surface area contributed by atoms with Crippen LogP contribution in [-0.2, 0) is 9.36 Å². The predicted molar refractivity (Wildman–Crippen MR) is 49.2 cm³/mol. The van der Waals surface area contributed by atoms with E-state index in [-0.39, 0.29) is 82.6 Å². The largest absolute Gasteiger partial charge is 1.00 e. The van der Waals surface area contributed by atoms with Crippen LogP contribution in [0.2, 0.25) is 0 Å². The third-order valence-electron chi connectivity index (χ3n) is 0.784. The van der Waals surface area contributed by atoms with Gasteiger partial charge in [0, 0.05) is 7.05 Å². The fraction of sp³-hybridized carbons (Fsp3) is 0.500. The van der Waals surface area contributed by atoms with Gasteiger partial charge in [0.05, 0.1) is 7.82 Å². The molecule has 0 spiro atoms. The molecular weight excluding hydrogens is 295 g/mol. The molecule has 0 aliphatic carbocycles. The summed E-state index contributed by atoms with van der Waals surface area (Å²) in [5.74, 6) is -1.23. The number of carboxylic acid groups (broad SMARTS) is 1. The Balaban J connectivity index is -0.0000000359. The van der Waals surface area contributed by atoms with Crippen LogP contribution in [0.5, 0.6) is 0 Å². The molecule has 0 fully saturated rings. The van der Waals surface area contributed by atoms with E-state index in [0.717, 1.165) is 4.90 Å². The molecule has 0 saturated carbocycles. The number of likely N-dealkylation sites (N-methyl/N-ethyl adjacent to an activating group) is 1. The van der Waals surface area contributed by atoms with Crippen LogP contribution in [0.25, 0.3) is 0 Å². The molecule has 11 nitrogen and oxygen atoms in total. The van der Waals surface area contributed by atoms with E-state index in [1.807, 2.05) is 0 Å². The third-order valence-corrected chi connectivity index (χ3v) is 0.784. The zero-order valence-electron chi connectivity index (χ0n) is 10.2. The van der Waals surface area contributed by atoms with Gasteiger partial charge < -0.3 is 45.9 Å². The molecule has 0 aliphatic rings. The number of nitrogens with one attached hydrogen (secondary N) is 1. The molecule has 0 aromatic carbocycles. The molecule has 100 valence electrons. The normalized spacial score (nSPS) is 7.56. The van der Waals surface area contributed by atoms with Gasteiger partial charge >= 0.3 is 65.1 Å². The summed E-state index contributed by atoms with van der Waals surface area (Å²) in [4.78, 5) is 35.3. The number of aliphatic carboxylic acids is 1. The Morgan fingerprint density at radius 3 is 1.67 bits per heavy atom. The topological polar surface area (TPSA) is 237 Å². The van der Waals surface area contributed by atoms with Crippen LogP contribution in [0.3, 0.4) is 0 Å². The molecule has 0 aromatic heterocycles. The molecule has 0 rings (SSSR count). The average Bonchev–Trinajstić information content (AvgIpc) is 1.80. The Kier molecular flexibility index (Phi) is 35.9. The number of guanidine groups is 1. The second-order valence-electron chi connectivity index (χ2n) is 2.10.